The number of aromatic nitrogens is 2. The molecule has 2 aromatic carbocycles. The molecule has 4 aromatic rings. The number of hydrogen-bond acceptors (Lipinski definition) is 9. The van der Waals surface area contributed by atoms with E-state index in [0.29, 0.717) is 6.54 Å². The molecule has 0 aliphatic carbocycles. The Morgan fingerprint density at radius 3 is 2.14 bits per heavy atom. The van der Waals surface area contributed by atoms with Gasteiger partial charge in [-0.05, 0) is 36.8 Å². The van der Waals surface area contributed by atoms with Gasteiger partial charge in [-0.25, -0.2) is 14.6 Å². The third-order valence-electron chi connectivity index (χ3n) is 8.17. The molecule has 11 nitrogen and oxygen atoms in total. The van der Waals surface area contributed by atoms with Crippen LogP contribution >= 0.6 is 22.7 Å². The number of hydrogen-bond donors (Lipinski definition) is 4. The number of carbonyl (C=O) groups is 3. The van der Waals surface area contributed by atoms with E-state index < -0.39 is 36.4 Å². The number of aryl methyl sites for hydroxylation is 1. The zero-order chi connectivity index (χ0) is 35.3. The third kappa shape index (κ3) is 11.1. The second kappa shape index (κ2) is 18.4. The van der Waals surface area contributed by atoms with E-state index in [-0.39, 0.29) is 30.8 Å². The Labute approximate surface area is 296 Å². The number of aliphatic hydroxyl groups excluding tert-OH is 1. The molecule has 4 amide bonds. The summed E-state index contributed by atoms with van der Waals surface area (Å²) in [5.41, 5.74) is 4.33. The fourth-order valence-electron chi connectivity index (χ4n) is 5.44. The molecule has 4 atom stereocenters. The Bertz CT molecular complexity index is 1560. The first-order valence-electron chi connectivity index (χ1n) is 16.4. The molecule has 13 heteroatoms. The van der Waals surface area contributed by atoms with Gasteiger partial charge in [-0.1, -0.05) is 81.4 Å². The summed E-state index contributed by atoms with van der Waals surface area (Å²) in [5, 5.41) is 23.2. The number of thiazole rings is 2. The molecular formula is C36H46N6O5S2. The summed E-state index contributed by atoms with van der Waals surface area (Å²) < 4.78 is 5.31. The Morgan fingerprint density at radius 2 is 1.59 bits per heavy atom. The van der Waals surface area contributed by atoms with E-state index in [1.165, 1.54) is 16.2 Å². The zero-order valence-corrected chi connectivity index (χ0v) is 30.2. The molecule has 2 aromatic heterocycles. The first-order chi connectivity index (χ1) is 23.5. The van der Waals surface area contributed by atoms with Crippen molar-refractivity contribution in [3.05, 3.63) is 104 Å². The first kappa shape index (κ1) is 37.5. The summed E-state index contributed by atoms with van der Waals surface area (Å²) >= 11 is 2.94. The monoisotopic (exact) mass is 706 g/mol. The van der Waals surface area contributed by atoms with E-state index in [9.17, 15) is 19.5 Å². The molecule has 0 aliphatic rings. The van der Waals surface area contributed by atoms with E-state index >= 15 is 0 Å². The number of urea groups is 1. The largest absolute Gasteiger partial charge is 0.444 e. The number of aliphatic hydroxyl groups is 1. The third-order valence-corrected chi connectivity index (χ3v) is 9.97. The number of nitrogens with one attached hydrogen (secondary N) is 3. The molecule has 49 heavy (non-hydrogen) atoms. The number of rotatable bonds is 16. The van der Waals surface area contributed by atoms with Crippen molar-refractivity contribution in [2.75, 3.05) is 7.05 Å². The van der Waals surface area contributed by atoms with Crippen molar-refractivity contribution in [2.24, 2.45) is 5.92 Å². The summed E-state index contributed by atoms with van der Waals surface area (Å²) in [6, 6.07) is 17.0. The van der Waals surface area contributed by atoms with Crippen LogP contribution in [0.4, 0.5) is 9.59 Å². The minimum atomic E-state index is -1.06. The average molecular weight is 707 g/mol. The average Bonchev–Trinajstić information content (AvgIpc) is 3.79. The van der Waals surface area contributed by atoms with Gasteiger partial charge in [0.05, 0.1) is 39.8 Å². The summed E-state index contributed by atoms with van der Waals surface area (Å²) in [6.07, 6.45) is 0.827. The van der Waals surface area contributed by atoms with Gasteiger partial charge < -0.3 is 30.7 Å². The highest BCUT2D eigenvalue weighted by Gasteiger charge is 2.34. The fraction of sp³-hybridized carbons (Fsp3) is 0.417. The highest BCUT2D eigenvalue weighted by atomic mass is 32.1. The van der Waals surface area contributed by atoms with Gasteiger partial charge >= 0.3 is 12.1 Å². The van der Waals surface area contributed by atoms with Crippen LogP contribution in [-0.4, -0.2) is 69.3 Å². The second-order valence-corrected chi connectivity index (χ2v) is 14.2. The zero-order valence-electron chi connectivity index (χ0n) is 28.5. The van der Waals surface area contributed by atoms with Gasteiger partial charge in [-0.2, -0.15) is 0 Å². The maximum atomic E-state index is 14.1. The van der Waals surface area contributed by atoms with E-state index in [4.69, 9.17) is 4.74 Å². The van der Waals surface area contributed by atoms with Crippen LogP contribution in [0.3, 0.4) is 0 Å². The molecule has 0 radical (unpaired) electrons. The SMILES string of the molecule is CCc1nc(CN(C)C(=O)N[C@H](C(=O)N[C@@H](C[C@H](O)[C@H](C)NC(=O)OCc2cncs2)C(c2ccccc2)c2ccccc2)C(C)C)cs1. The number of alkyl carbamates (subject to hydrolysis) is 1. The molecule has 0 saturated heterocycles. The first-order valence-corrected chi connectivity index (χ1v) is 18.2. The van der Waals surface area contributed by atoms with Gasteiger partial charge in [0, 0.05) is 30.6 Å². The van der Waals surface area contributed by atoms with Gasteiger partial charge in [0.25, 0.3) is 0 Å². The number of amides is 4. The molecule has 4 rings (SSSR count). The number of nitrogens with zero attached hydrogens (tertiary/aromatic N) is 3. The lowest BCUT2D eigenvalue weighted by atomic mass is 9.81. The van der Waals surface area contributed by atoms with E-state index in [2.05, 4.69) is 25.9 Å². The van der Waals surface area contributed by atoms with Gasteiger partial charge in [-0.3, -0.25) is 9.78 Å². The molecule has 0 unspecified atom stereocenters. The van der Waals surface area contributed by atoms with Crippen molar-refractivity contribution >= 4 is 40.7 Å². The van der Waals surface area contributed by atoms with E-state index in [0.717, 1.165) is 33.1 Å². The number of benzene rings is 2. The molecule has 262 valence electrons. The van der Waals surface area contributed by atoms with Gasteiger partial charge in [0.2, 0.25) is 5.91 Å². The molecular weight excluding hydrogens is 661 g/mol. The minimum Gasteiger partial charge on any atom is -0.444 e. The molecule has 0 bridgehead atoms. The Hall–Kier alpha value is -4.33. The van der Waals surface area contributed by atoms with Crippen molar-refractivity contribution in [3.63, 3.8) is 0 Å². The van der Waals surface area contributed by atoms with Crippen LogP contribution in [0.2, 0.25) is 0 Å². The molecule has 0 fully saturated rings. The maximum absolute atomic E-state index is 14.1. The number of ether oxygens (including phenoxy) is 1. The summed E-state index contributed by atoms with van der Waals surface area (Å²) in [7, 11) is 1.67. The Kier molecular flexibility index (Phi) is 14.1. The van der Waals surface area contributed by atoms with Crippen LogP contribution in [-0.2, 0) is 29.1 Å². The van der Waals surface area contributed by atoms with Gasteiger partial charge in [0.1, 0.15) is 12.6 Å². The van der Waals surface area contributed by atoms with Crippen LogP contribution in [0.1, 0.15) is 66.7 Å². The van der Waals surface area contributed by atoms with Gasteiger partial charge in [0.15, 0.2) is 0 Å². The van der Waals surface area contributed by atoms with E-state index in [1.807, 2.05) is 86.8 Å². The lowest BCUT2D eigenvalue weighted by molar-refractivity contribution is -0.125. The van der Waals surface area contributed by atoms with Crippen molar-refractivity contribution < 1.29 is 24.2 Å². The molecule has 4 N–H and O–H groups in total. The standard InChI is InChI=1S/C36H46N6O5S2/c1-6-31-39-27(21-48-31)19-42(5)35(45)41-33(23(2)3)34(44)40-29(32(25-13-9-7-10-14-25)26-15-11-8-12-16-26)17-30(43)24(4)38-36(46)47-20-28-18-37-22-49-28/h7-16,18,21-24,29-30,32-33,43H,6,17,19-20H2,1-5H3,(H,38,46)(H,40,44)(H,41,45)/t24-,29-,30-,33-/m0/s1. The molecule has 2 heterocycles. The summed E-state index contributed by atoms with van der Waals surface area (Å²) in [4.78, 5) is 50.9. The number of carbonyl (C=O) groups excluding carboxylic acids is 3. The second-order valence-electron chi connectivity index (χ2n) is 12.3. The van der Waals surface area contributed by atoms with Crippen molar-refractivity contribution in [2.45, 2.75) is 83.8 Å². The predicted octanol–water partition coefficient (Wildman–Crippen LogP) is 5.71. The lowest BCUT2D eigenvalue weighted by Crippen LogP contribution is -2.56. The topological polar surface area (TPSA) is 146 Å². The van der Waals surface area contributed by atoms with Crippen LogP contribution in [0.15, 0.2) is 77.8 Å². The minimum absolute atomic E-state index is 0.0726. The predicted molar refractivity (Wildman–Crippen MR) is 192 cm³/mol. The lowest BCUT2D eigenvalue weighted by Gasteiger charge is -2.34. The van der Waals surface area contributed by atoms with Crippen molar-refractivity contribution in [1.29, 1.82) is 0 Å². The molecule has 0 spiro atoms. The highest BCUT2D eigenvalue weighted by Crippen LogP contribution is 2.31. The van der Waals surface area contributed by atoms with Crippen molar-refractivity contribution in [1.82, 2.24) is 30.8 Å². The summed E-state index contributed by atoms with van der Waals surface area (Å²) in [5.74, 6) is -0.970. The van der Waals surface area contributed by atoms with Gasteiger partial charge in [-0.15, -0.1) is 22.7 Å². The summed E-state index contributed by atoms with van der Waals surface area (Å²) in [6.45, 7) is 7.86. The fourth-order valence-corrected chi connectivity index (χ4v) is 6.69. The maximum Gasteiger partial charge on any atom is 0.407 e. The highest BCUT2D eigenvalue weighted by molar-refractivity contribution is 7.09. The Morgan fingerprint density at radius 1 is 0.939 bits per heavy atom. The molecule has 0 saturated carbocycles. The van der Waals surface area contributed by atoms with E-state index in [1.54, 1.807) is 37.0 Å². The van der Waals surface area contributed by atoms with Crippen LogP contribution < -0.4 is 16.0 Å². The molecule has 0 aliphatic heterocycles. The normalized spacial score (nSPS) is 13.7. The van der Waals surface area contributed by atoms with Crippen molar-refractivity contribution in [3.8, 4) is 0 Å². The van der Waals surface area contributed by atoms with Crippen LogP contribution in [0, 0.1) is 5.92 Å². The van der Waals surface area contributed by atoms with Crippen LogP contribution in [0.25, 0.3) is 0 Å². The smallest absolute Gasteiger partial charge is 0.407 e. The quantitative estimate of drug-likeness (QED) is 0.117. The van der Waals surface area contributed by atoms with Crippen LogP contribution in [0.5, 0.6) is 0 Å². The Balaban J connectivity index is 1.54.